The van der Waals surface area contributed by atoms with Crippen LogP contribution in [0, 0.1) is 6.92 Å². The molecule has 2 N–H and O–H groups in total. The average Bonchev–Trinajstić information content (AvgIpc) is 3.16. The highest BCUT2D eigenvalue weighted by atomic mass is 16.5. The molecule has 1 aromatic heterocycles. The summed E-state index contributed by atoms with van der Waals surface area (Å²) in [5.41, 5.74) is 7.16. The Bertz CT molecular complexity index is 1090. The molecule has 0 fully saturated rings. The molecule has 0 saturated carbocycles. The number of ether oxygens (including phenoxy) is 3. The van der Waals surface area contributed by atoms with Gasteiger partial charge in [-0.15, -0.1) is 0 Å². The Hall–Kier alpha value is -4.07. The quantitative estimate of drug-likeness (QED) is 0.416. The highest BCUT2D eigenvalue weighted by Gasteiger charge is 2.13. The van der Waals surface area contributed by atoms with Crippen LogP contribution in [-0.2, 0) is 20.9 Å². The minimum Gasteiger partial charge on any atom is -0.493 e. The van der Waals surface area contributed by atoms with Crippen molar-refractivity contribution < 1.29 is 28.2 Å². The van der Waals surface area contributed by atoms with Gasteiger partial charge in [0, 0.05) is 11.6 Å². The van der Waals surface area contributed by atoms with Crippen molar-refractivity contribution in [2.75, 3.05) is 13.7 Å². The third-order valence-corrected chi connectivity index (χ3v) is 4.23. The summed E-state index contributed by atoms with van der Waals surface area (Å²) in [6.07, 6.45) is 2.88. The first kappa shape index (κ1) is 21.6. The number of aryl methyl sites for hydroxylation is 1. The molecule has 8 nitrogen and oxygen atoms in total. The van der Waals surface area contributed by atoms with Crippen LogP contribution in [0.4, 0.5) is 0 Å². The Balaban J connectivity index is 1.60. The molecule has 1 heterocycles. The summed E-state index contributed by atoms with van der Waals surface area (Å²) in [4.78, 5) is 27.4. The topological polar surface area (TPSA) is 114 Å². The molecule has 0 atom stereocenters. The molecular weight excluding hydrogens is 400 g/mol. The first-order chi connectivity index (χ1) is 15.0. The van der Waals surface area contributed by atoms with Gasteiger partial charge in [0.2, 0.25) is 5.89 Å². The largest absolute Gasteiger partial charge is 0.493 e. The van der Waals surface area contributed by atoms with E-state index >= 15 is 0 Å². The van der Waals surface area contributed by atoms with Crippen LogP contribution >= 0.6 is 0 Å². The zero-order chi connectivity index (χ0) is 22.2. The van der Waals surface area contributed by atoms with Gasteiger partial charge in [-0.3, -0.25) is 4.79 Å². The van der Waals surface area contributed by atoms with E-state index in [1.165, 1.54) is 13.2 Å². The molecule has 0 unspecified atom stereocenters. The number of carbonyl (C=O) groups excluding carboxylic acids is 2. The van der Waals surface area contributed by atoms with Gasteiger partial charge < -0.3 is 24.4 Å². The molecule has 0 aliphatic heterocycles. The lowest BCUT2D eigenvalue weighted by molar-refractivity contribution is -0.139. The number of hydrogen-bond acceptors (Lipinski definition) is 7. The molecule has 0 spiro atoms. The number of esters is 1. The van der Waals surface area contributed by atoms with Crippen molar-refractivity contribution in [1.29, 1.82) is 0 Å². The van der Waals surface area contributed by atoms with E-state index < -0.39 is 11.9 Å². The van der Waals surface area contributed by atoms with Crippen LogP contribution in [0.2, 0.25) is 0 Å². The molecule has 160 valence electrons. The van der Waals surface area contributed by atoms with Gasteiger partial charge in [-0.25, -0.2) is 9.78 Å². The van der Waals surface area contributed by atoms with Crippen LogP contribution in [0.25, 0.3) is 17.5 Å². The number of oxazole rings is 1. The van der Waals surface area contributed by atoms with Crippen LogP contribution in [0.5, 0.6) is 11.5 Å². The summed E-state index contributed by atoms with van der Waals surface area (Å²) in [5.74, 6) is 0.723. The van der Waals surface area contributed by atoms with Gasteiger partial charge >= 0.3 is 5.97 Å². The van der Waals surface area contributed by atoms with Crippen molar-refractivity contribution >= 4 is 18.0 Å². The number of primary amides is 1. The van der Waals surface area contributed by atoms with Crippen molar-refractivity contribution in [3.05, 3.63) is 71.6 Å². The fourth-order valence-electron chi connectivity index (χ4n) is 2.67. The Kier molecular flexibility index (Phi) is 7.05. The molecule has 1 amide bonds. The first-order valence-corrected chi connectivity index (χ1v) is 9.42. The summed E-state index contributed by atoms with van der Waals surface area (Å²) in [6.45, 7) is 1.51. The van der Waals surface area contributed by atoms with E-state index in [4.69, 9.17) is 24.4 Å². The number of amides is 1. The number of nitrogens with two attached hydrogens (primary N) is 1. The predicted octanol–water partition coefficient (Wildman–Crippen LogP) is 3.28. The fourth-order valence-corrected chi connectivity index (χ4v) is 2.67. The minimum absolute atomic E-state index is 0.00540. The second kappa shape index (κ2) is 10.1. The van der Waals surface area contributed by atoms with Gasteiger partial charge in [0.05, 0.1) is 7.11 Å². The second-order valence-corrected chi connectivity index (χ2v) is 6.49. The maximum Gasteiger partial charge on any atom is 0.331 e. The van der Waals surface area contributed by atoms with E-state index in [0.717, 1.165) is 5.56 Å². The molecule has 2 aromatic carbocycles. The molecule has 3 rings (SSSR count). The number of methoxy groups -OCH3 is 1. The highest BCUT2D eigenvalue weighted by Crippen LogP contribution is 2.28. The van der Waals surface area contributed by atoms with Crippen LogP contribution in [0.3, 0.4) is 0 Å². The van der Waals surface area contributed by atoms with Gasteiger partial charge in [0.15, 0.2) is 18.1 Å². The van der Waals surface area contributed by atoms with Crippen molar-refractivity contribution in [2.45, 2.75) is 13.5 Å². The fraction of sp³-hybridized carbons (Fsp3) is 0.174. The minimum atomic E-state index is -0.591. The zero-order valence-corrected chi connectivity index (χ0v) is 17.2. The molecule has 0 saturated heterocycles. The molecule has 0 radical (unpaired) electrons. The van der Waals surface area contributed by atoms with Gasteiger partial charge in [0.1, 0.15) is 18.1 Å². The normalized spacial score (nSPS) is 10.8. The van der Waals surface area contributed by atoms with Crippen LogP contribution < -0.4 is 15.2 Å². The smallest absolute Gasteiger partial charge is 0.331 e. The predicted molar refractivity (Wildman–Crippen MR) is 113 cm³/mol. The molecule has 0 aliphatic carbocycles. The van der Waals surface area contributed by atoms with Gasteiger partial charge in [-0.1, -0.05) is 24.3 Å². The summed E-state index contributed by atoms with van der Waals surface area (Å²) in [6, 6.07) is 14.5. The Morgan fingerprint density at radius 1 is 1.13 bits per heavy atom. The van der Waals surface area contributed by atoms with Crippen molar-refractivity contribution in [3.63, 3.8) is 0 Å². The second-order valence-electron chi connectivity index (χ2n) is 6.49. The third-order valence-electron chi connectivity index (χ3n) is 4.23. The van der Waals surface area contributed by atoms with Crippen LogP contribution in [0.1, 0.15) is 17.0 Å². The Morgan fingerprint density at radius 2 is 1.90 bits per heavy atom. The third kappa shape index (κ3) is 5.96. The number of rotatable bonds is 9. The standard InChI is InChI=1S/C23H22N2O6/c1-15-18(25-23(31-15)17-6-4-3-5-7-17)13-30-22(27)11-9-16-8-10-19(20(12-16)28-2)29-14-21(24)26/h3-12H,13-14H2,1-2H3,(H2,24,26)/b11-9+. The van der Waals surface area contributed by atoms with Gasteiger partial charge in [-0.2, -0.15) is 0 Å². The zero-order valence-electron chi connectivity index (χ0n) is 17.2. The van der Waals surface area contributed by atoms with E-state index in [9.17, 15) is 9.59 Å². The summed E-state index contributed by atoms with van der Waals surface area (Å²) in [7, 11) is 1.47. The number of nitrogens with zero attached hydrogens (tertiary/aromatic N) is 1. The number of aromatic nitrogens is 1. The Labute approximate surface area is 179 Å². The van der Waals surface area contributed by atoms with E-state index in [-0.39, 0.29) is 13.2 Å². The highest BCUT2D eigenvalue weighted by molar-refractivity contribution is 5.87. The van der Waals surface area contributed by atoms with Crippen LogP contribution in [0.15, 0.2) is 59.0 Å². The maximum atomic E-state index is 12.1. The van der Waals surface area contributed by atoms with E-state index in [1.54, 1.807) is 31.2 Å². The number of carbonyl (C=O) groups is 2. The average molecular weight is 422 g/mol. The van der Waals surface area contributed by atoms with Crippen LogP contribution in [-0.4, -0.2) is 30.6 Å². The number of benzene rings is 2. The van der Waals surface area contributed by atoms with Gasteiger partial charge in [-0.05, 0) is 42.8 Å². The van der Waals surface area contributed by atoms with Gasteiger partial charge in [0.25, 0.3) is 5.91 Å². The molecule has 0 aliphatic rings. The van der Waals surface area contributed by atoms with Crippen molar-refractivity contribution in [3.8, 4) is 23.0 Å². The molecule has 8 heteroatoms. The summed E-state index contributed by atoms with van der Waals surface area (Å²) in [5, 5.41) is 0. The molecule has 3 aromatic rings. The Morgan fingerprint density at radius 3 is 2.61 bits per heavy atom. The summed E-state index contributed by atoms with van der Waals surface area (Å²) >= 11 is 0. The molecular formula is C23H22N2O6. The van der Waals surface area contributed by atoms with Crippen molar-refractivity contribution in [1.82, 2.24) is 4.98 Å². The summed E-state index contributed by atoms with van der Waals surface area (Å²) < 4.78 is 21.4. The maximum absolute atomic E-state index is 12.1. The lowest BCUT2D eigenvalue weighted by Gasteiger charge is -2.09. The monoisotopic (exact) mass is 422 g/mol. The van der Waals surface area contributed by atoms with Crippen molar-refractivity contribution in [2.24, 2.45) is 5.73 Å². The lowest BCUT2D eigenvalue weighted by Crippen LogP contribution is -2.20. The SMILES string of the molecule is COc1cc(/C=C/C(=O)OCc2nc(-c3ccccc3)oc2C)ccc1OCC(N)=O. The lowest BCUT2D eigenvalue weighted by atomic mass is 10.2. The van der Waals surface area contributed by atoms with E-state index in [0.29, 0.717) is 34.4 Å². The molecule has 0 bridgehead atoms. The molecule has 31 heavy (non-hydrogen) atoms. The van der Waals surface area contributed by atoms with E-state index in [1.807, 2.05) is 30.3 Å². The number of hydrogen-bond donors (Lipinski definition) is 1. The first-order valence-electron chi connectivity index (χ1n) is 9.42. The van der Waals surface area contributed by atoms with E-state index in [2.05, 4.69) is 4.98 Å².